The zero-order chi connectivity index (χ0) is 18.7. The van der Waals surface area contributed by atoms with Gasteiger partial charge in [0.2, 0.25) is 0 Å². The Labute approximate surface area is 157 Å². The van der Waals surface area contributed by atoms with E-state index in [0.29, 0.717) is 23.7 Å². The van der Waals surface area contributed by atoms with E-state index in [0.717, 1.165) is 11.1 Å². The van der Waals surface area contributed by atoms with E-state index in [2.05, 4.69) is 0 Å². The van der Waals surface area contributed by atoms with Crippen LogP contribution in [0.1, 0.15) is 27.4 Å². The summed E-state index contributed by atoms with van der Waals surface area (Å²) in [6.07, 6.45) is 0. The van der Waals surface area contributed by atoms with Crippen molar-refractivity contribution < 1.29 is 19.4 Å². The van der Waals surface area contributed by atoms with E-state index in [1.807, 2.05) is 24.3 Å². The predicted octanol–water partition coefficient (Wildman–Crippen LogP) is 3.43. The molecule has 1 aliphatic rings. The fourth-order valence-electron chi connectivity index (χ4n) is 3.36. The van der Waals surface area contributed by atoms with Crippen molar-refractivity contribution in [3.63, 3.8) is 0 Å². The summed E-state index contributed by atoms with van der Waals surface area (Å²) in [5, 5.41) is 10.2. The maximum atomic E-state index is 12.8. The molecule has 136 valence electrons. The number of rotatable bonds is 5. The largest absolute Gasteiger partial charge is 0.481 e. The zero-order valence-electron chi connectivity index (χ0n) is 14.4. The Balaban J connectivity index is 1.79. The Kier molecular flexibility index (Phi) is 5.59. The van der Waals surface area contributed by atoms with Gasteiger partial charge >= 0.3 is 5.97 Å². The first-order chi connectivity index (χ1) is 12.5. The highest BCUT2D eigenvalue weighted by molar-refractivity contribution is 6.30. The molecule has 0 radical (unpaired) electrons. The Hall–Kier alpha value is -2.37. The average molecular weight is 374 g/mol. The molecule has 0 spiro atoms. The van der Waals surface area contributed by atoms with E-state index in [-0.39, 0.29) is 18.4 Å². The molecular weight excluding hydrogens is 354 g/mol. The van der Waals surface area contributed by atoms with Crippen LogP contribution in [-0.4, -0.2) is 42.1 Å². The van der Waals surface area contributed by atoms with Crippen LogP contribution in [0.25, 0.3) is 0 Å². The van der Waals surface area contributed by atoms with Crippen molar-refractivity contribution in [1.82, 2.24) is 4.90 Å². The van der Waals surface area contributed by atoms with Crippen LogP contribution in [-0.2, 0) is 16.1 Å². The monoisotopic (exact) mass is 373 g/mol. The highest BCUT2D eigenvalue weighted by atomic mass is 35.5. The Morgan fingerprint density at radius 3 is 2.35 bits per heavy atom. The van der Waals surface area contributed by atoms with E-state index in [1.54, 1.807) is 36.3 Å². The Bertz CT molecular complexity index is 788. The summed E-state index contributed by atoms with van der Waals surface area (Å²) >= 11 is 5.92. The molecule has 26 heavy (non-hydrogen) atoms. The van der Waals surface area contributed by atoms with Crippen LogP contribution in [0.15, 0.2) is 48.5 Å². The molecule has 0 bridgehead atoms. The number of likely N-dealkylation sites (tertiary alicyclic amines) is 1. The summed E-state index contributed by atoms with van der Waals surface area (Å²) in [7, 11) is 1.62. The highest BCUT2D eigenvalue weighted by Gasteiger charge is 2.40. The molecule has 6 heteroatoms. The third-order valence-corrected chi connectivity index (χ3v) is 4.99. The number of carboxylic acid groups (broad SMARTS) is 1. The van der Waals surface area contributed by atoms with Crippen molar-refractivity contribution >= 4 is 23.5 Å². The molecule has 2 atom stereocenters. The minimum absolute atomic E-state index is 0.156. The summed E-state index contributed by atoms with van der Waals surface area (Å²) in [6.45, 7) is 1.05. The molecule has 0 aliphatic carbocycles. The number of carboxylic acids is 1. The minimum atomic E-state index is -0.893. The quantitative estimate of drug-likeness (QED) is 0.872. The first kappa shape index (κ1) is 18.4. The Morgan fingerprint density at radius 2 is 1.77 bits per heavy atom. The smallest absolute Gasteiger partial charge is 0.308 e. The third kappa shape index (κ3) is 3.89. The molecule has 1 amide bonds. The first-order valence-electron chi connectivity index (χ1n) is 8.35. The standard InChI is InChI=1S/C20H20ClNO4/c1-26-12-13-2-4-15(5-3-13)19(23)22-10-17(18(11-22)20(24)25)14-6-8-16(21)9-7-14/h2-9,17-18H,10-12H2,1H3,(H,24,25)/t17-,18+/m0/s1. The number of amides is 1. The van der Waals surface area contributed by atoms with Crippen LogP contribution >= 0.6 is 11.6 Å². The number of hydrogen-bond donors (Lipinski definition) is 1. The summed E-state index contributed by atoms with van der Waals surface area (Å²) < 4.78 is 5.07. The van der Waals surface area contributed by atoms with Gasteiger partial charge in [-0.15, -0.1) is 0 Å². The normalized spacial score (nSPS) is 19.5. The van der Waals surface area contributed by atoms with Crippen molar-refractivity contribution in [3.8, 4) is 0 Å². The lowest BCUT2D eigenvalue weighted by Crippen LogP contribution is -2.29. The fourth-order valence-corrected chi connectivity index (χ4v) is 3.49. The van der Waals surface area contributed by atoms with Gasteiger partial charge in [0.1, 0.15) is 0 Å². The molecule has 2 aromatic carbocycles. The highest BCUT2D eigenvalue weighted by Crippen LogP contribution is 2.34. The number of hydrogen-bond acceptors (Lipinski definition) is 3. The molecule has 1 aliphatic heterocycles. The van der Waals surface area contributed by atoms with Gasteiger partial charge in [-0.25, -0.2) is 0 Å². The second kappa shape index (κ2) is 7.89. The van der Waals surface area contributed by atoms with Gasteiger partial charge in [-0.2, -0.15) is 0 Å². The second-order valence-corrected chi connectivity index (χ2v) is 6.88. The van der Waals surface area contributed by atoms with Gasteiger partial charge in [-0.3, -0.25) is 9.59 Å². The molecule has 0 aromatic heterocycles. The number of ether oxygens (including phenoxy) is 1. The van der Waals surface area contributed by atoms with Crippen LogP contribution in [0.4, 0.5) is 0 Å². The van der Waals surface area contributed by atoms with Crippen LogP contribution in [0.5, 0.6) is 0 Å². The maximum absolute atomic E-state index is 12.8. The van der Waals surface area contributed by atoms with Crippen molar-refractivity contribution in [1.29, 1.82) is 0 Å². The van der Waals surface area contributed by atoms with Crippen LogP contribution in [0.3, 0.4) is 0 Å². The fraction of sp³-hybridized carbons (Fsp3) is 0.300. The lowest BCUT2D eigenvalue weighted by atomic mass is 9.89. The molecule has 3 rings (SSSR count). The number of methoxy groups -OCH3 is 1. The number of halogens is 1. The van der Waals surface area contributed by atoms with E-state index in [9.17, 15) is 14.7 Å². The average Bonchev–Trinajstić information content (AvgIpc) is 3.08. The number of aliphatic carboxylic acids is 1. The molecule has 1 saturated heterocycles. The Morgan fingerprint density at radius 1 is 1.12 bits per heavy atom. The van der Waals surface area contributed by atoms with Gasteiger partial charge in [0.05, 0.1) is 12.5 Å². The van der Waals surface area contributed by atoms with E-state index in [4.69, 9.17) is 16.3 Å². The number of carbonyl (C=O) groups excluding carboxylic acids is 1. The van der Waals surface area contributed by atoms with E-state index < -0.39 is 11.9 Å². The molecular formula is C20H20ClNO4. The summed E-state index contributed by atoms with van der Waals surface area (Å²) in [4.78, 5) is 26.1. The van der Waals surface area contributed by atoms with Crippen molar-refractivity contribution in [2.45, 2.75) is 12.5 Å². The van der Waals surface area contributed by atoms with E-state index >= 15 is 0 Å². The minimum Gasteiger partial charge on any atom is -0.481 e. The van der Waals surface area contributed by atoms with Crippen molar-refractivity contribution in [2.75, 3.05) is 20.2 Å². The maximum Gasteiger partial charge on any atom is 0.308 e. The van der Waals surface area contributed by atoms with Gasteiger partial charge in [-0.05, 0) is 35.4 Å². The van der Waals surface area contributed by atoms with Gasteiger partial charge in [-0.1, -0.05) is 35.9 Å². The number of nitrogens with zero attached hydrogens (tertiary/aromatic N) is 1. The summed E-state index contributed by atoms with van der Waals surface area (Å²) in [5.41, 5.74) is 2.41. The van der Waals surface area contributed by atoms with Gasteiger partial charge in [0, 0.05) is 36.7 Å². The van der Waals surface area contributed by atoms with E-state index in [1.165, 1.54) is 0 Å². The number of benzene rings is 2. The molecule has 1 fully saturated rings. The summed E-state index contributed by atoms with van der Waals surface area (Å²) in [6, 6.07) is 14.3. The predicted molar refractivity (Wildman–Crippen MR) is 98.4 cm³/mol. The third-order valence-electron chi connectivity index (χ3n) is 4.73. The topological polar surface area (TPSA) is 66.8 Å². The second-order valence-electron chi connectivity index (χ2n) is 6.44. The molecule has 1 heterocycles. The van der Waals surface area contributed by atoms with Crippen LogP contribution in [0.2, 0.25) is 5.02 Å². The lowest BCUT2D eigenvalue weighted by Gasteiger charge is -2.17. The first-order valence-corrected chi connectivity index (χ1v) is 8.73. The zero-order valence-corrected chi connectivity index (χ0v) is 15.1. The lowest BCUT2D eigenvalue weighted by molar-refractivity contribution is -0.141. The SMILES string of the molecule is COCc1ccc(C(=O)N2C[C@@H](C(=O)O)[C@H](c3ccc(Cl)cc3)C2)cc1. The van der Waals surface area contributed by atoms with Gasteiger partial charge in [0.25, 0.3) is 5.91 Å². The molecule has 2 aromatic rings. The molecule has 0 saturated carbocycles. The van der Waals surface area contributed by atoms with Crippen molar-refractivity contribution in [3.05, 3.63) is 70.2 Å². The van der Waals surface area contributed by atoms with Crippen LogP contribution in [0, 0.1) is 5.92 Å². The molecule has 0 unspecified atom stereocenters. The van der Waals surface area contributed by atoms with Gasteiger partial charge in [0.15, 0.2) is 0 Å². The van der Waals surface area contributed by atoms with Crippen molar-refractivity contribution in [2.24, 2.45) is 5.92 Å². The van der Waals surface area contributed by atoms with Gasteiger partial charge < -0.3 is 14.7 Å². The van der Waals surface area contributed by atoms with Crippen LogP contribution < -0.4 is 0 Å². The molecule has 1 N–H and O–H groups in total. The molecule has 5 nitrogen and oxygen atoms in total. The summed E-state index contributed by atoms with van der Waals surface area (Å²) in [5.74, 6) is -1.93. The number of carbonyl (C=O) groups is 2.